The minimum absolute atomic E-state index is 0.0316. The number of hydrogen-bond acceptors (Lipinski definition) is 4. The molecule has 20 heavy (non-hydrogen) atoms. The van der Waals surface area contributed by atoms with Gasteiger partial charge in [-0.05, 0) is 18.8 Å². The molecule has 0 aromatic carbocycles. The molecule has 0 aliphatic carbocycles. The molecule has 0 aromatic rings. The first-order valence-electron chi connectivity index (χ1n) is 6.90. The van der Waals surface area contributed by atoms with Gasteiger partial charge in [0, 0.05) is 0 Å². The van der Waals surface area contributed by atoms with Gasteiger partial charge in [0.2, 0.25) is 5.91 Å². The van der Waals surface area contributed by atoms with Crippen LogP contribution in [0.1, 0.15) is 46.5 Å². The van der Waals surface area contributed by atoms with Gasteiger partial charge in [0.1, 0.15) is 11.8 Å². The van der Waals surface area contributed by atoms with Gasteiger partial charge in [0.25, 0.3) is 0 Å². The summed E-state index contributed by atoms with van der Waals surface area (Å²) >= 11 is 0. The molecule has 2 N–H and O–H groups in total. The fraction of sp³-hybridized carbons (Fsp3) is 0.846. The van der Waals surface area contributed by atoms with E-state index in [1.807, 2.05) is 20.8 Å². The third-order valence-electron chi connectivity index (χ3n) is 2.75. The van der Waals surface area contributed by atoms with Crippen molar-refractivity contribution in [2.24, 2.45) is 5.92 Å². The molecule has 0 radical (unpaired) electrons. The lowest BCUT2D eigenvalue weighted by molar-refractivity contribution is -0.141. The van der Waals surface area contributed by atoms with E-state index in [2.05, 4.69) is 5.32 Å². The van der Waals surface area contributed by atoms with Crippen molar-refractivity contribution < 1.29 is 23.1 Å². The normalized spacial score (nSPS) is 13.2. The highest BCUT2D eigenvalue weighted by atomic mass is 32.2. The fourth-order valence-electron chi connectivity index (χ4n) is 1.77. The lowest BCUT2D eigenvalue weighted by Crippen LogP contribution is -2.44. The van der Waals surface area contributed by atoms with Crippen LogP contribution >= 0.6 is 0 Å². The quantitative estimate of drug-likeness (QED) is 0.591. The van der Waals surface area contributed by atoms with Gasteiger partial charge in [0.05, 0.1) is 5.75 Å². The van der Waals surface area contributed by atoms with Crippen LogP contribution in [-0.2, 0) is 19.4 Å². The standard InChI is InChI=1S/C13H25NO5S/c1-4-5-6-7-20(18,19)9-12(15)14-11(13(16)17)8-10(2)3/h10-11H,4-9H2,1-3H3,(H,14,15)(H,16,17). The summed E-state index contributed by atoms with van der Waals surface area (Å²) in [6.45, 7) is 5.63. The molecule has 118 valence electrons. The zero-order chi connectivity index (χ0) is 15.8. The van der Waals surface area contributed by atoms with Crippen LogP contribution in [0.15, 0.2) is 0 Å². The summed E-state index contributed by atoms with van der Waals surface area (Å²) in [6.07, 6.45) is 2.50. The average Bonchev–Trinajstić information content (AvgIpc) is 2.26. The summed E-state index contributed by atoms with van der Waals surface area (Å²) < 4.78 is 23.4. The Kier molecular flexibility index (Phi) is 8.45. The number of carboxylic acids is 1. The highest BCUT2D eigenvalue weighted by Gasteiger charge is 2.24. The molecule has 1 unspecified atom stereocenters. The molecule has 0 aliphatic rings. The fourth-order valence-corrected chi connectivity index (χ4v) is 3.04. The van der Waals surface area contributed by atoms with Crippen molar-refractivity contribution in [1.82, 2.24) is 5.32 Å². The van der Waals surface area contributed by atoms with Gasteiger partial charge in [-0.25, -0.2) is 13.2 Å². The Hall–Kier alpha value is -1.11. The van der Waals surface area contributed by atoms with E-state index in [1.54, 1.807) is 0 Å². The van der Waals surface area contributed by atoms with Crippen molar-refractivity contribution in [2.75, 3.05) is 11.5 Å². The molecule has 6 nitrogen and oxygen atoms in total. The summed E-state index contributed by atoms with van der Waals surface area (Å²) in [5.74, 6) is -2.46. The van der Waals surface area contributed by atoms with Crippen molar-refractivity contribution in [1.29, 1.82) is 0 Å². The summed E-state index contributed by atoms with van der Waals surface area (Å²) in [5.41, 5.74) is 0. The Bertz CT molecular complexity index is 416. The van der Waals surface area contributed by atoms with Crippen LogP contribution in [0.5, 0.6) is 0 Å². The molecule has 1 atom stereocenters. The van der Waals surface area contributed by atoms with Crippen LogP contribution in [0.25, 0.3) is 0 Å². The summed E-state index contributed by atoms with van der Waals surface area (Å²) in [6, 6.07) is -1.03. The highest BCUT2D eigenvalue weighted by molar-refractivity contribution is 7.92. The summed E-state index contributed by atoms with van der Waals surface area (Å²) in [5, 5.41) is 11.3. The average molecular weight is 307 g/mol. The molecule has 0 saturated carbocycles. The maximum atomic E-state index is 11.7. The molecule has 1 amide bonds. The number of sulfone groups is 1. The van der Waals surface area contributed by atoms with Crippen molar-refractivity contribution >= 4 is 21.7 Å². The third kappa shape index (κ3) is 8.90. The van der Waals surface area contributed by atoms with E-state index in [1.165, 1.54) is 0 Å². The van der Waals surface area contributed by atoms with E-state index in [0.29, 0.717) is 6.42 Å². The monoisotopic (exact) mass is 307 g/mol. The zero-order valence-electron chi connectivity index (χ0n) is 12.4. The Morgan fingerprint density at radius 2 is 1.80 bits per heavy atom. The van der Waals surface area contributed by atoms with Crippen molar-refractivity contribution in [3.8, 4) is 0 Å². The van der Waals surface area contributed by atoms with Gasteiger partial charge >= 0.3 is 5.97 Å². The Morgan fingerprint density at radius 1 is 1.20 bits per heavy atom. The second kappa shape index (κ2) is 8.94. The maximum Gasteiger partial charge on any atom is 0.326 e. The SMILES string of the molecule is CCCCCS(=O)(=O)CC(=O)NC(CC(C)C)C(=O)O. The maximum absolute atomic E-state index is 11.7. The molecular weight excluding hydrogens is 282 g/mol. The number of nitrogens with one attached hydrogen (secondary N) is 1. The van der Waals surface area contributed by atoms with Gasteiger partial charge in [-0.3, -0.25) is 4.79 Å². The van der Waals surface area contributed by atoms with Crippen LogP contribution < -0.4 is 5.32 Å². The Labute approximate surface area is 120 Å². The Balaban J connectivity index is 4.41. The van der Waals surface area contributed by atoms with Crippen LogP contribution in [0.2, 0.25) is 0 Å². The first-order chi connectivity index (χ1) is 9.18. The summed E-state index contributed by atoms with van der Waals surface area (Å²) in [4.78, 5) is 22.6. The van der Waals surface area contributed by atoms with Crippen LogP contribution in [0, 0.1) is 5.92 Å². The summed E-state index contributed by atoms with van der Waals surface area (Å²) in [7, 11) is -3.46. The lowest BCUT2D eigenvalue weighted by Gasteiger charge is -2.16. The van der Waals surface area contributed by atoms with Crippen molar-refractivity contribution in [3.63, 3.8) is 0 Å². The van der Waals surface area contributed by atoms with Crippen LogP contribution in [-0.4, -0.2) is 42.9 Å². The molecule has 0 saturated heterocycles. The van der Waals surface area contributed by atoms with Gasteiger partial charge < -0.3 is 10.4 Å². The second-order valence-corrected chi connectivity index (χ2v) is 7.57. The predicted molar refractivity (Wildman–Crippen MR) is 77.2 cm³/mol. The number of rotatable bonds is 10. The largest absolute Gasteiger partial charge is 0.480 e. The number of amides is 1. The minimum atomic E-state index is -3.46. The molecule has 0 bridgehead atoms. The number of hydrogen-bond donors (Lipinski definition) is 2. The van der Waals surface area contributed by atoms with E-state index in [9.17, 15) is 18.0 Å². The highest BCUT2D eigenvalue weighted by Crippen LogP contribution is 2.06. The number of unbranched alkanes of at least 4 members (excludes halogenated alkanes) is 2. The first-order valence-corrected chi connectivity index (χ1v) is 8.72. The van der Waals surface area contributed by atoms with E-state index in [-0.39, 0.29) is 18.1 Å². The van der Waals surface area contributed by atoms with Crippen molar-refractivity contribution in [3.05, 3.63) is 0 Å². The smallest absolute Gasteiger partial charge is 0.326 e. The minimum Gasteiger partial charge on any atom is -0.480 e. The van der Waals surface area contributed by atoms with Gasteiger partial charge in [0.15, 0.2) is 9.84 Å². The van der Waals surface area contributed by atoms with E-state index in [0.717, 1.165) is 12.8 Å². The lowest BCUT2D eigenvalue weighted by atomic mass is 10.0. The third-order valence-corrected chi connectivity index (χ3v) is 4.36. The van der Waals surface area contributed by atoms with Gasteiger partial charge in [-0.2, -0.15) is 0 Å². The van der Waals surface area contributed by atoms with Gasteiger partial charge in [-0.15, -0.1) is 0 Å². The Morgan fingerprint density at radius 3 is 2.25 bits per heavy atom. The molecular formula is C13H25NO5S. The molecule has 0 spiro atoms. The number of carbonyl (C=O) groups excluding carboxylic acids is 1. The second-order valence-electron chi connectivity index (χ2n) is 5.39. The van der Waals surface area contributed by atoms with E-state index >= 15 is 0 Å². The van der Waals surface area contributed by atoms with E-state index in [4.69, 9.17) is 5.11 Å². The van der Waals surface area contributed by atoms with Crippen molar-refractivity contribution in [2.45, 2.75) is 52.5 Å². The van der Waals surface area contributed by atoms with Gasteiger partial charge in [-0.1, -0.05) is 33.6 Å². The molecule has 0 rings (SSSR count). The molecule has 0 aliphatic heterocycles. The molecule has 0 aromatic heterocycles. The van der Waals surface area contributed by atoms with Crippen LogP contribution in [0.4, 0.5) is 0 Å². The predicted octanol–water partition coefficient (Wildman–Crippen LogP) is 1.21. The number of carboxylic acid groups (broad SMARTS) is 1. The first kappa shape index (κ1) is 18.9. The zero-order valence-corrected chi connectivity index (χ0v) is 13.2. The molecule has 0 fully saturated rings. The van der Waals surface area contributed by atoms with E-state index < -0.39 is 33.5 Å². The van der Waals surface area contributed by atoms with Crippen LogP contribution in [0.3, 0.4) is 0 Å². The topological polar surface area (TPSA) is 101 Å². The number of aliphatic carboxylic acids is 1. The molecule has 0 heterocycles. The molecule has 7 heteroatoms. The number of carbonyl (C=O) groups is 2.